The lowest BCUT2D eigenvalue weighted by Gasteiger charge is -2.44. The monoisotopic (exact) mass is 331 g/mol. The molecule has 3 aliphatic rings. The summed E-state index contributed by atoms with van der Waals surface area (Å²) in [6.07, 6.45) is 9.55. The first kappa shape index (κ1) is 15.8. The largest absolute Gasteiger partial charge is 1.00 e. The van der Waals surface area contributed by atoms with Gasteiger partial charge in [0.05, 0.1) is 13.1 Å². The van der Waals surface area contributed by atoms with Crippen LogP contribution >= 0.6 is 0 Å². The summed E-state index contributed by atoms with van der Waals surface area (Å²) in [5.74, 6) is 1.52. The van der Waals surface area contributed by atoms with Gasteiger partial charge in [0.15, 0.2) is 0 Å². The summed E-state index contributed by atoms with van der Waals surface area (Å²) >= 11 is 0. The molecule has 2 nitrogen and oxygen atoms in total. The van der Waals surface area contributed by atoms with Crippen LogP contribution in [0.3, 0.4) is 0 Å². The van der Waals surface area contributed by atoms with Crippen molar-refractivity contribution in [3.8, 4) is 0 Å². The first-order valence-electron chi connectivity index (χ1n) is 8.18. The number of nitrogens with zero attached hydrogens (tertiary/aromatic N) is 1. The highest BCUT2D eigenvalue weighted by molar-refractivity contribution is 5.07. The molecule has 0 unspecified atom stereocenters. The number of hydrogen-bond donors (Lipinski definition) is 1. The van der Waals surface area contributed by atoms with Crippen molar-refractivity contribution in [2.24, 2.45) is 11.8 Å². The molecule has 0 aromatic rings. The third kappa shape index (κ3) is 2.11. The second kappa shape index (κ2) is 5.65. The van der Waals surface area contributed by atoms with Crippen LogP contribution in [0.25, 0.3) is 0 Å². The van der Waals surface area contributed by atoms with Gasteiger partial charge in [-0.2, -0.15) is 0 Å². The number of hydrogen-bond acceptors (Lipinski definition) is 1. The molecule has 3 fully saturated rings. The van der Waals surface area contributed by atoms with Crippen LogP contribution in [0.4, 0.5) is 0 Å². The number of halogens is 1. The molecule has 3 rings (SSSR count). The molecule has 1 N–H and O–H groups in total. The Labute approximate surface area is 128 Å². The summed E-state index contributed by atoms with van der Waals surface area (Å²) in [6, 6.07) is 0. The van der Waals surface area contributed by atoms with E-state index in [-0.39, 0.29) is 23.1 Å². The molecule has 3 heteroatoms. The van der Waals surface area contributed by atoms with Crippen molar-refractivity contribution in [1.82, 2.24) is 0 Å². The molecule has 0 aromatic carbocycles. The van der Waals surface area contributed by atoms with E-state index in [4.69, 9.17) is 0 Å². The maximum atomic E-state index is 10.4. The van der Waals surface area contributed by atoms with E-state index in [1.165, 1.54) is 62.5 Å². The van der Waals surface area contributed by atoms with Gasteiger partial charge in [0, 0.05) is 18.3 Å². The molecule has 2 heterocycles. The van der Waals surface area contributed by atoms with Crippen molar-refractivity contribution >= 4 is 0 Å². The number of aliphatic hydroxyl groups excluding tert-OH is 1. The van der Waals surface area contributed by atoms with Gasteiger partial charge in [0.2, 0.25) is 0 Å². The van der Waals surface area contributed by atoms with Gasteiger partial charge in [0.1, 0.15) is 18.2 Å². The van der Waals surface area contributed by atoms with Crippen molar-refractivity contribution in [3.63, 3.8) is 0 Å². The quantitative estimate of drug-likeness (QED) is 0.553. The van der Waals surface area contributed by atoms with Gasteiger partial charge in [-0.3, -0.25) is 0 Å². The van der Waals surface area contributed by atoms with Crippen LogP contribution in [-0.2, 0) is 0 Å². The van der Waals surface area contributed by atoms with Crippen molar-refractivity contribution < 1.29 is 26.6 Å². The Balaban J connectivity index is 0.00000133. The zero-order valence-corrected chi connectivity index (χ0v) is 14.2. The fourth-order valence-corrected chi connectivity index (χ4v) is 5.73. The zero-order valence-electron chi connectivity index (χ0n) is 12.6. The highest BCUT2D eigenvalue weighted by atomic mass is 79.9. The summed E-state index contributed by atoms with van der Waals surface area (Å²) in [5, 5.41) is 10.4. The standard InChI is InChI=1S/C16H30NO.BrH/c1-3-4-5-6-10-17-11-9-13-7-8-14(15(18)12-17)16(13,17)2;/h13-15,18H,3-12H2,1-2H3;1H/q+1;/p-1/t13-,14+,15-,16+,17-;/m0./s1. The van der Waals surface area contributed by atoms with Crippen molar-refractivity contribution in [3.05, 3.63) is 0 Å². The van der Waals surface area contributed by atoms with Gasteiger partial charge in [-0.15, -0.1) is 0 Å². The van der Waals surface area contributed by atoms with Gasteiger partial charge < -0.3 is 26.6 Å². The van der Waals surface area contributed by atoms with Gasteiger partial charge >= 0.3 is 0 Å². The molecule has 0 amide bonds. The maximum absolute atomic E-state index is 10.4. The minimum Gasteiger partial charge on any atom is -1.00 e. The number of unbranched alkanes of at least 4 members (excludes halogenated alkanes) is 3. The molecule has 0 spiro atoms. The number of quaternary nitrogens is 1. The summed E-state index contributed by atoms with van der Waals surface area (Å²) in [4.78, 5) is 0. The van der Waals surface area contributed by atoms with Gasteiger partial charge in [0.25, 0.3) is 0 Å². The molecular weight excluding hydrogens is 302 g/mol. The SMILES string of the molecule is CCCCCC[N@+]12CC[C@@H]3CC[C@H]([C@@H](O)C1)[C@@]32C.[Br-]. The molecular formula is C16H30BrNO. The summed E-state index contributed by atoms with van der Waals surface area (Å²) in [5.41, 5.74) is 0.436. The molecule has 0 bridgehead atoms. The summed E-state index contributed by atoms with van der Waals surface area (Å²) in [6.45, 7) is 8.54. The Bertz CT molecular complexity index is 324. The van der Waals surface area contributed by atoms with Crippen LogP contribution in [0.2, 0.25) is 0 Å². The normalized spacial score (nSPS) is 47.2. The zero-order chi connectivity index (χ0) is 12.8. The molecule has 112 valence electrons. The Morgan fingerprint density at radius 2 is 1.95 bits per heavy atom. The maximum Gasteiger partial charge on any atom is 0.112 e. The highest BCUT2D eigenvalue weighted by Crippen LogP contribution is 2.59. The van der Waals surface area contributed by atoms with E-state index in [1.807, 2.05) is 0 Å². The molecule has 0 aromatic heterocycles. The summed E-state index contributed by atoms with van der Waals surface area (Å²) < 4.78 is 1.27. The smallest absolute Gasteiger partial charge is 0.112 e. The first-order valence-corrected chi connectivity index (χ1v) is 8.18. The summed E-state index contributed by atoms with van der Waals surface area (Å²) in [7, 11) is 0. The van der Waals surface area contributed by atoms with Crippen molar-refractivity contribution in [2.75, 3.05) is 19.6 Å². The second-order valence-corrected chi connectivity index (χ2v) is 7.30. The molecule has 0 radical (unpaired) electrons. The van der Waals surface area contributed by atoms with Crippen LogP contribution in [0, 0.1) is 11.8 Å². The van der Waals surface area contributed by atoms with Crippen molar-refractivity contribution in [1.29, 1.82) is 0 Å². The Hall–Kier alpha value is 0.400. The predicted molar refractivity (Wildman–Crippen MR) is 74.2 cm³/mol. The van der Waals surface area contributed by atoms with E-state index in [0.29, 0.717) is 11.5 Å². The molecule has 2 aliphatic heterocycles. The first-order chi connectivity index (χ1) is 8.64. The van der Waals surface area contributed by atoms with E-state index < -0.39 is 0 Å². The lowest BCUT2D eigenvalue weighted by atomic mass is 9.83. The van der Waals surface area contributed by atoms with E-state index in [0.717, 1.165) is 12.5 Å². The van der Waals surface area contributed by atoms with Crippen LogP contribution in [-0.4, -0.2) is 40.9 Å². The topological polar surface area (TPSA) is 20.2 Å². The average molecular weight is 332 g/mol. The third-order valence-corrected chi connectivity index (χ3v) is 6.77. The van der Waals surface area contributed by atoms with E-state index in [1.54, 1.807) is 0 Å². The number of rotatable bonds is 5. The lowest BCUT2D eigenvalue weighted by molar-refractivity contribution is -0.953. The Kier molecular flexibility index (Phi) is 4.69. The average Bonchev–Trinajstić information content (AvgIpc) is 2.89. The third-order valence-electron chi connectivity index (χ3n) is 6.77. The molecule has 19 heavy (non-hydrogen) atoms. The number of aliphatic hydroxyl groups is 1. The lowest BCUT2D eigenvalue weighted by Crippen LogP contribution is -3.00. The molecule has 2 saturated heterocycles. The molecule has 1 aliphatic carbocycles. The Morgan fingerprint density at radius 3 is 2.68 bits per heavy atom. The second-order valence-electron chi connectivity index (χ2n) is 7.30. The van der Waals surface area contributed by atoms with E-state index in [9.17, 15) is 5.11 Å². The van der Waals surface area contributed by atoms with E-state index in [2.05, 4.69) is 13.8 Å². The fraction of sp³-hybridized carbons (Fsp3) is 1.00. The van der Waals surface area contributed by atoms with Gasteiger partial charge in [-0.1, -0.05) is 19.8 Å². The van der Waals surface area contributed by atoms with Crippen LogP contribution < -0.4 is 17.0 Å². The van der Waals surface area contributed by atoms with Crippen LogP contribution in [0.5, 0.6) is 0 Å². The van der Waals surface area contributed by atoms with Crippen molar-refractivity contribution in [2.45, 2.75) is 70.4 Å². The predicted octanol–water partition coefficient (Wildman–Crippen LogP) is -0.0494. The fourth-order valence-electron chi connectivity index (χ4n) is 5.73. The Morgan fingerprint density at radius 1 is 1.16 bits per heavy atom. The van der Waals surface area contributed by atoms with Gasteiger partial charge in [-0.25, -0.2) is 0 Å². The van der Waals surface area contributed by atoms with Gasteiger partial charge in [-0.05, 0) is 32.6 Å². The highest BCUT2D eigenvalue weighted by Gasteiger charge is 2.70. The van der Waals surface area contributed by atoms with E-state index >= 15 is 0 Å². The molecule has 5 atom stereocenters. The molecule has 1 saturated carbocycles. The minimum atomic E-state index is -0.00789. The van der Waals surface area contributed by atoms with Crippen LogP contribution in [0.15, 0.2) is 0 Å². The minimum absolute atomic E-state index is 0. The van der Waals surface area contributed by atoms with Crippen LogP contribution in [0.1, 0.15) is 58.8 Å².